The highest BCUT2D eigenvalue weighted by atomic mass is 19.1. The number of hydrogen-bond acceptors (Lipinski definition) is 3. The Bertz CT molecular complexity index is 599. The average Bonchev–Trinajstić information content (AvgIpc) is 2.58. The number of H-pyrrole nitrogens is 1. The second-order valence-electron chi connectivity index (χ2n) is 4.30. The van der Waals surface area contributed by atoms with Gasteiger partial charge in [-0.15, -0.1) is 0 Å². The number of nitrogens with zero attached hydrogens (tertiary/aromatic N) is 1. The summed E-state index contributed by atoms with van der Waals surface area (Å²) in [6.07, 6.45) is 0. The standard InChI is InChI=1S/C11H11FN2O3/c1-11(2,17)10-13-7-4-5(12)3-6(9(15)16)8(7)14-10/h3-4,17H,1-2H3,(H,13,14)(H,15,16). The molecule has 90 valence electrons. The predicted octanol–water partition coefficient (Wildman–Crippen LogP) is 1.63. The van der Waals surface area contributed by atoms with Crippen LogP contribution in [0.2, 0.25) is 0 Å². The van der Waals surface area contributed by atoms with Crippen LogP contribution in [0.15, 0.2) is 12.1 Å². The fourth-order valence-electron chi connectivity index (χ4n) is 1.54. The van der Waals surface area contributed by atoms with Crippen molar-refractivity contribution in [1.29, 1.82) is 0 Å². The van der Waals surface area contributed by atoms with Crippen molar-refractivity contribution >= 4 is 17.0 Å². The highest BCUT2D eigenvalue weighted by Crippen LogP contribution is 2.23. The molecule has 0 aliphatic heterocycles. The number of hydrogen-bond donors (Lipinski definition) is 3. The molecule has 0 aliphatic carbocycles. The summed E-state index contributed by atoms with van der Waals surface area (Å²) in [5.74, 6) is -1.73. The van der Waals surface area contributed by atoms with E-state index in [1.165, 1.54) is 13.8 Å². The van der Waals surface area contributed by atoms with Gasteiger partial charge in [0.2, 0.25) is 0 Å². The fraction of sp³-hybridized carbons (Fsp3) is 0.273. The predicted molar refractivity (Wildman–Crippen MR) is 58.3 cm³/mol. The van der Waals surface area contributed by atoms with Crippen LogP contribution in [0.1, 0.15) is 30.0 Å². The molecule has 17 heavy (non-hydrogen) atoms. The Kier molecular flexibility index (Phi) is 2.39. The number of fused-ring (bicyclic) bond motifs is 1. The number of carboxylic acids is 1. The van der Waals surface area contributed by atoms with Gasteiger partial charge in [-0.05, 0) is 26.0 Å². The second-order valence-corrected chi connectivity index (χ2v) is 4.30. The van der Waals surface area contributed by atoms with E-state index in [1.807, 2.05) is 0 Å². The van der Waals surface area contributed by atoms with Crippen LogP contribution in [-0.4, -0.2) is 26.2 Å². The van der Waals surface area contributed by atoms with Crippen molar-refractivity contribution in [3.05, 3.63) is 29.3 Å². The molecular weight excluding hydrogens is 227 g/mol. The second kappa shape index (κ2) is 3.53. The minimum atomic E-state index is -1.26. The summed E-state index contributed by atoms with van der Waals surface area (Å²) in [6.45, 7) is 3.00. The number of aromatic nitrogens is 2. The number of aromatic amines is 1. The first kappa shape index (κ1) is 11.5. The molecule has 0 atom stereocenters. The quantitative estimate of drug-likeness (QED) is 0.742. The lowest BCUT2D eigenvalue weighted by molar-refractivity contribution is 0.0685. The average molecular weight is 238 g/mol. The van der Waals surface area contributed by atoms with Gasteiger partial charge in [0, 0.05) is 0 Å². The highest BCUT2D eigenvalue weighted by Gasteiger charge is 2.23. The van der Waals surface area contributed by atoms with Crippen LogP contribution >= 0.6 is 0 Å². The normalized spacial score (nSPS) is 12.0. The van der Waals surface area contributed by atoms with E-state index in [0.717, 1.165) is 12.1 Å². The molecule has 2 aromatic rings. The van der Waals surface area contributed by atoms with Crippen molar-refractivity contribution in [2.24, 2.45) is 0 Å². The zero-order chi connectivity index (χ0) is 12.8. The van der Waals surface area contributed by atoms with Gasteiger partial charge >= 0.3 is 5.97 Å². The number of rotatable bonds is 2. The molecule has 2 rings (SSSR count). The van der Waals surface area contributed by atoms with Crippen molar-refractivity contribution in [3.8, 4) is 0 Å². The van der Waals surface area contributed by atoms with Gasteiger partial charge in [-0.25, -0.2) is 14.2 Å². The van der Waals surface area contributed by atoms with Crippen LogP contribution in [0.4, 0.5) is 4.39 Å². The largest absolute Gasteiger partial charge is 0.478 e. The molecule has 6 heteroatoms. The summed E-state index contributed by atoms with van der Waals surface area (Å²) in [5, 5.41) is 18.7. The van der Waals surface area contributed by atoms with E-state index in [9.17, 15) is 14.3 Å². The zero-order valence-corrected chi connectivity index (χ0v) is 9.28. The van der Waals surface area contributed by atoms with Crippen LogP contribution in [0.25, 0.3) is 11.0 Å². The Morgan fingerprint density at radius 2 is 2.12 bits per heavy atom. The molecule has 0 radical (unpaired) electrons. The summed E-state index contributed by atoms with van der Waals surface area (Å²) in [6, 6.07) is 2.05. The van der Waals surface area contributed by atoms with Gasteiger partial charge < -0.3 is 15.2 Å². The lowest BCUT2D eigenvalue weighted by Crippen LogP contribution is -2.17. The minimum Gasteiger partial charge on any atom is -0.478 e. The Hall–Kier alpha value is -1.95. The first-order valence-corrected chi connectivity index (χ1v) is 4.94. The summed E-state index contributed by atoms with van der Waals surface area (Å²) < 4.78 is 13.2. The molecule has 0 amide bonds. The number of carboxylic acid groups (broad SMARTS) is 1. The molecule has 0 saturated carbocycles. The van der Waals surface area contributed by atoms with E-state index >= 15 is 0 Å². The Morgan fingerprint density at radius 1 is 1.47 bits per heavy atom. The molecule has 0 saturated heterocycles. The molecule has 0 unspecified atom stereocenters. The highest BCUT2D eigenvalue weighted by molar-refractivity contribution is 6.01. The fourth-order valence-corrected chi connectivity index (χ4v) is 1.54. The van der Waals surface area contributed by atoms with E-state index < -0.39 is 17.4 Å². The molecule has 0 spiro atoms. The minimum absolute atomic E-state index is 0.135. The van der Waals surface area contributed by atoms with Crippen LogP contribution in [0.3, 0.4) is 0 Å². The van der Waals surface area contributed by atoms with Crippen LogP contribution < -0.4 is 0 Å². The summed E-state index contributed by atoms with van der Waals surface area (Å²) in [7, 11) is 0. The molecular formula is C11H11FN2O3. The molecule has 5 nitrogen and oxygen atoms in total. The maximum Gasteiger partial charge on any atom is 0.338 e. The molecule has 1 heterocycles. The van der Waals surface area contributed by atoms with Gasteiger partial charge in [-0.1, -0.05) is 0 Å². The number of carbonyl (C=O) groups is 1. The lowest BCUT2D eigenvalue weighted by Gasteiger charge is -2.12. The van der Waals surface area contributed by atoms with Gasteiger partial charge in [0.1, 0.15) is 22.8 Å². The topological polar surface area (TPSA) is 86.2 Å². The van der Waals surface area contributed by atoms with E-state index in [-0.39, 0.29) is 22.4 Å². The Balaban J connectivity index is 2.76. The van der Waals surface area contributed by atoms with Gasteiger partial charge in [0.25, 0.3) is 0 Å². The monoisotopic (exact) mass is 238 g/mol. The maximum atomic E-state index is 13.2. The van der Waals surface area contributed by atoms with Gasteiger partial charge in [-0.2, -0.15) is 0 Å². The van der Waals surface area contributed by atoms with Crippen LogP contribution in [0.5, 0.6) is 0 Å². The van der Waals surface area contributed by atoms with Crippen molar-refractivity contribution in [2.75, 3.05) is 0 Å². The van der Waals surface area contributed by atoms with Crippen LogP contribution in [-0.2, 0) is 5.60 Å². The SMILES string of the molecule is CC(C)(O)c1nc2c(C(=O)O)cc(F)cc2[nH]1. The number of nitrogens with one attached hydrogen (secondary N) is 1. The van der Waals surface area contributed by atoms with Crippen molar-refractivity contribution in [2.45, 2.75) is 19.4 Å². The summed E-state index contributed by atoms with van der Waals surface area (Å²) in [4.78, 5) is 17.6. The van der Waals surface area contributed by atoms with E-state index in [2.05, 4.69) is 9.97 Å². The number of halogens is 1. The third kappa shape index (κ3) is 1.99. The molecule has 0 fully saturated rings. The Labute approximate surface area is 95.9 Å². The zero-order valence-electron chi connectivity index (χ0n) is 9.28. The number of aromatic carboxylic acids is 1. The van der Waals surface area contributed by atoms with Crippen molar-refractivity contribution < 1.29 is 19.4 Å². The maximum absolute atomic E-state index is 13.2. The van der Waals surface area contributed by atoms with Crippen molar-refractivity contribution in [3.63, 3.8) is 0 Å². The van der Waals surface area contributed by atoms with E-state index in [1.54, 1.807) is 0 Å². The third-order valence-electron chi connectivity index (χ3n) is 2.36. The molecule has 0 bridgehead atoms. The first-order chi connectivity index (χ1) is 7.79. The van der Waals surface area contributed by atoms with Gasteiger partial charge in [0.05, 0.1) is 11.1 Å². The summed E-state index contributed by atoms with van der Waals surface area (Å²) in [5.41, 5.74) is -1.09. The van der Waals surface area contributed by atoms with Crippen LogP contribution in [0, 0.1) is 5.82 Å². The summed E-state index contributed by atoms with van der Waals surface area (Å²) >= 11 is 0. The first-order valence-electron chi connectivity index (χ1n) is 4.94. The lowest BCUT2D eigenvalue weighted by atomic mass is 10.1. The van der Waals surface area contributed by atoms with Gasteiger partial charge in [0.15, 0.2) is 0 Å². The molecule has 1 aromatic heterocycles. The van der Waals surface area contributed by atoms with E-state index in [0.29, 0.717) is 0 Å². The van der Waals surface area contributed by atoms with Crippen molar-refractivity contribution in [1.82, 2.24) is 9.97 Å². The van der Waals surface area contributed by atoms with Gasteiger partial charge in [-0.3, -0.25) is 0 Å². The third-order valence-corrected chi connectivity index (χ3v) is 2.36. The number of imidazole rings is 1. The molecule has 0 aliphatic rings. The molecule has 3 N–H and O–H groups in total. The number of benzene rings is 1. The Morgan fingerprint density at radius 3 is 2.65 bits per heavy atom. The van der Waals surface area contributed by atoms with E-state index in [4.69, 9.17) is 5.11 Å². The number of aliphatic hydroxyl groups is 1. The smallest absolute Gasteiger partial charge is 0.338 e. The molecule has 1 aromatic carbocycles.